The standard InChI is InChI=1S/C18H17ClN2O/c19-13-14-5-7-16(8-6-14)18(22)20-10-12-21-11-9-15-3-1-2-4-17(15)21/h1-9,11H,10,12-13H2,(H,20,22). The molecule has 1 N–H and O–H groups in total. The van der Waals surface area contributed by atoms with E-state index in [2.05, 4.69) is 28.1 Å². The largest absolute Gasteiger partial charge is 0.350 e. The summed E-state index contributed by atoms with van der Waals surface area (Å²) in [5, 5.41) is 4.16. The molecule has 2 aromatic carbocycles. The zero-order valence-electron chi connectivity index (χ0n) is 12.1. The minimum Gasteiger partial charge on any atom is -0.350 e. The molecule has 22 heavy (non-hydrogen) atoms. The number of nitrogens with one attached hydrogen (secondary N) is 1. The number of halogens is 1. The van der Waals surface area contributed by atoms with E-state index in [-0.39, 0.29) is 5.91 Å². The van der Waals surface area contributed by atoms with Crippen LogP contribution >= 0.6 is 11.6 Å². The van der Waals surface area contributed by atoms with E-state index in [1.165, 1.54) is 10.9 Å². The van der Waals surface area contributed by atoms with Crippen LogP contribution in [0, 0.1) is 0 Å². The average Bonchev–Trinajstić information content (AvgIpc) is 2.98. The SMILES string of the molecule is O=C(NCCn1ccc2ccccc21)c1ccc(CCl)cc1. The van der Waals surface area contributed by atoms with Gasteiger partial charge in [-0.1, -0.05) is 30.3 Å². The molecule has 0 bridgehead atoms. The number of hydrogen-bond donors (Lipinski definition) is 1. The van der Waals surface area contributed by atoms with E-state index in [1.54, 1.807) is 12.1 Å². The van der Waals surface area contributed by atoms with Crippen molar-refractivity contribution < 1.29 is 4.79 Å². The summed E-state index contributed by atoms with van der Waals surface area (Å²) in [6, 6.07) is 17.7. The molecule has 0 atom stereocenters. The molecule has 112 valence electrons. The molecule has 0 fully saturated rings. The Hall–Kier alpha value is -2.26. The minimum atomic E-state index is -0.0578. The number of aromatic nitrogens is 1. The second-order valence-corrected chi connectivity index (χ2v) is 5.42. The highest BCUT2D eigenvalue weighted by Gasteiger charge is 2.05. The fraction of sp³-hybridized carbons (Fsp3) is 0.167. The van der Waals surface area contributed by atoms with E-state index in [1.807, 2.05) is 30.5 Å². The van der Waals surface area contributed by atoms with Crippen LogP contribution in [0.5, 0.6) is 0 Å². The van der Waals surface area contributed by atoms with Gasteiger partial charge in [0.15, 0.2) is 0 Å². The van der Waals surface area contributed by atoms with Gasteiger partial charge in [-0.15, -0.1) is 11.6 Å². The zero-order chi connectivity index (χ0) is 15.4. The maximum Gasteiger partial charge on any atom is 0.251 e. The number of fused-ring (bicyclic) bond motifs is 1. The molecule has 0 aliphatic heterocycles. The van der Waals surface area contributed by atoms with Gasteiger partial charge in [-0.2, -0.15) is 0 Å². The predicted octanol–water partition coefficient (Wildman–Crippen LogP) is 3.81. The lowest BCUT2D eigenvalue weighted by Gasteiger charge is -2.08. The van der Waals surface area contributed by atoms with Crippen LogP contribution in [-0.2, 0) is 12.4 Å². The van der Waals surface area contributed by atoms with Crippen LogP contribution in [0.15, 0.2) is 60.8 Å². The summed E-state index contributed by atoms with van der Waals surface area (Å²) in [5.41, 5.74) is 2.85. The molecule has 3 rings (SSSR count). The molecule has 0 unspecified atom stereocenters. The van der Waals surface area contributed by atoms with Crippen molar-refractivity contribution in [3.8, 4) is 0 Å². The lowest BCUT2D eigenvalue weighted by Crippen LogP contribution is -2.27. The van der Waals surface area contributed by atoms with Crippen LogP contribution < -0.4 is 5.32 Å². The predicted molar refractivity (Wildman–Crippen MR) is 90.3 cm³/mol. The highest BCUT2D eigenvalue weighted by atomic mass is 35.5. The molecule has 4 heteroatoms. The highest BCUT2D eigenvalue weighted by Crippen LogP contribution is 2.14. The first-order chi connectivity index (χ1) is 10.8. The Balaban J connectivity index is 1.59. The van der Waals surface area contributed by atoms with Crippen molar-refractivity contribution in [1.82, 2.24) is 9.88 Å². The van der Waals surface area contributed by atoms with Crippen molar-refractivity contribution in [1.29, 1.82) is 0 Å². The van der Waals surface area contributed by atoms with E-state index in [0.29, 0.717) is 18.0 Å². The summed E-state index contributed by atoms with van der Waals surface area (Å²) in [5.74, 6) is 0.403. The molecular formula is C18H17ClN2O. The summed E-state index contributed by atoms with van der Waals surface area (Å²) in [6.45, 7) is 1.34. The number of nitrogens with zero attached hydrogens (tertiary/aromatic N) is 1. The number of carbonyl (C=O) groups is 1. The zero-order valence-corrected chi connectivity index (χ0v) is 12.9. The smallest absolute Gasteiger partial charge is 0.251 e. The van der Waals surface area contributed by atoms with E-state index >= 15 is 0 Å². The second kappa shape index (κ2) is 6.67. The topological polar surface area (TPSA) is 34.0 Å². The van der Waals surface area contributed by atoms with Crippen LogP contribution in [0.25, 0.3) is 10.9 Å². The molecule has 0 saturated heterocycles. The van der Waals surface area contributed by atoms with Crippen molar-refractivity contribution in [2.75, 3.05) is 6.54 Å². The van der Waals surface area contributed by atoms with Crippen LogP contribution in [0.2, 0.25) is 0 Å². The van der Waals surface area contributed by atoms with E-state index in [0.717, 1.165) is 12.1 Å². The number of amides is 1. The molecule has 1 amide bonds. The van der Waals surface area contributed by atoms with Gasteiger partial charge in [0, 0.05) is 36.2 Å². The summed E-state index contributed by atoms with van der Waals surface area (Å²) >= 11 is 5.74. The third-order valence-corrected chi connectivity index (χ3v) is 4.00. The molecular weight excluding hydrogens is 296 g/mol. The normalized spacial score (nSPS) is 10.8. The molecule has 3 aromatic rings. The van der Waals surface area contributed by atoms with Crippen LogP contribution in [-0.4, -0.2) is 17.0 Å². The van der Waals surface area contributed by atoms with Gasteiger partial charge in [0.2, 0.25) is 0 Å². The first-order valence-corrected chi connectivity index (χ1v) is 7.78. The monoisotopic (exact) mass is 312 g/mol. The van der Waals surface area contributed by atoms with Gasteiger partial charge < -0.3 is 9.88 Å². The summed E-state index contributed by atoms with van der Waals surface area (Å²) < 4.78 is 2.15. The number of benzene rings is 2. The van der Waals surface area contributed by atoms with Gasteiger partial charge in [0.25, 0.3) is 5.91 Å². The minimum absolute atomic E-state index is 0.0578. The second-order valence-electron chi connectivity index (χ2n) is 5.15. The maximum absolute atomic E-state index is 12.1. The lowest BCUT2D eigenvalue weighted by atomic mass is 10.1. The first kappa shape index (κ1) is 14.7. The Labute approximate surface area is 134 Å². The first-order valence-electron chi connectivity index (χ1n) is 7.25. The van der Waals surface area contributed by atoms with E-state index in [4.69, 9.17) is 11.6 Å². The average molecular weight is 313 g/mol. The van der Waals surface area contributed by atoms with Crippen molar-refractivity contribution in [3.63, 3.8) is 0 Å². The maximum atomic E-state index is 12.1. The number of carbonyl (C=O) groups excluding carboxylic acids is 1. The third kappa shape index (κ3) is 3.15. The number of para-hydroxylation sites is 1. The van der Waals surface area contributed by atoms with Crippen molar-refractivity contribution in [2.24, 2.45) is 0 Å². The molecule has 3 nitrogen and oxygen atoms in total. The van der Waals surface area contributed by atoms with Crippen molar-refractivity contribution in [2.45, 2.75) is 12.4 Å². The summed E-state index contributed by atoms with van der Waals surface area (Å²) in [6.07, 6.45) is 2.05. The van der Waals surface area contributed by atoms with Crippen molar-refractivity contribution >= 4 is 28.4 Å². The Bertz CT molecular complexity index is 777. The Morgan fingerprint density at radius 1 is 1.05 bits per heavy atom. The Kier molecular flexibility index (Phi) is 4.45. The lowest BCUT2D eigenvalue weighted by molar-refractivity contribution is 0.0952. The van der Waals surface area contributed by atoms with Gasteiger partial charge in [0.1, 0.15) is 0 Å². The van der Waals surface area contributed by atoms with Crippen molar-refractivity contribution in [3.05, 3.63) is 71.9 Å². The molecule has 0 spiro atoms. The van der Waals surface area contributed by atoms with Gasteiger partial charge in [0.05, 0.1) is 0 Å². The highest BCUT2D eigenvalue weighted by molar-refractivity contribution is 6.17. The van der Waals surface area contributed by atoms with E-state index < -0.39 is 0 Å². The molecule has 1 heterocycles. The molecule has 0 saturated carbocycles. The Morgan fingerprint density at radius 2 is 1.82 bits per heavy atom. The van der Waals surface area contributed by atoms with E-state index in [9.17, 15) is 4.79 Å². The van der Waals surface area contributed by atoms with Gasteiger partial charge in [-0.3, -0.25) is 4.79 Å². The Morgan fingerprint density at radius 3 is 2.59 bits per heavy atom. The van der Waals surface area contributed by atoms with Crippen LogP contribution in [0.4, 0.5) is 0 Å². The quantitative estimate of drug-likeness (QED) is 0.714. The molecule has 0 aliphatic carbocycles. The van der Waals surface area contributed by atoms with Crippen LogP contribution in [0.1, 0.15) is 15.9 Å². The van der Waals surface area contributed by atoms with Crippen LogP contribution in [0.3, 0.4) is 0 Å². The number of alkyl halides is 1. The molecule has 1 aromatic heterocycles. The molecule has 0 aliphatic rings. The molecule has 0 radical (unpaired) electrons. The summed E-state index contributed by atoms with van der Waals surface area (Å²) in [7, 11) is 0. The number of rotatable bonds is 5. The third-order valence-electron chi connectivity index (χ3n) is 3.69. The summed E-state index contributed by atoms with van der Waals surface area (Å²) in [4.78, 5) is 12.1. The number of hydrogen-bond acceptors (Lipinski definition) is 1. The fourth-order valence-corrected chi connectivity index (χ4v) is 2.65. The van der Waals surface area contributed by atoms with Gasteiger partial charge >= 0.3 is 0 Å². The van der Waals surface area contributed by atoms with Gasteiger partial charge in [-0.05, 0) is 35.2 Å². The van der Waals surface area contributed by atoms with Gasteiger partial charge in [-0.25, -0.2) is 0 Å². The fourth-order valence-electron chi connectivity index (χ4n) is 2.47.